The molecule has 0 bridgehead atoms. The number of carboxylic acids is 1. The number of nitrogens with zero attached hydrogens (tertiary/aromatic N) is 1. The van der Waals surface area contributed by atoms with Crippen molar-refractivity contribution in [1.29, 1.82) is 0 Å². The number of hydrogen-bond acceptors (Lipinski definition) is 7. The third-order valence-corrected chi connectivity index (χ3v) is 4.35. The molecule has 26 heavy (non-hydrogen) atoms. The van der Waals surface area contributed by atoms with Crippen molar-refractivity contribution >= 4 is 47.0 Å². The summed E-state index contributed by atoms with van der Waals surface area (Å²) < 4.78 is 0.0528. The number of carbonyl (C=O) groups is 2. The molecule has 1 atom stereocenters. The molecule has 0 saturated heterocycles. The molecule has 0 saturated carbocycles. The molecule has 0 radical (unpaired) electrons. The van der Waals surface area contributed by atoms with Gasteiger partial charge < -0.3 is 20.4 Å². The van der Waals surface area contributed by atoms with E-state index in [2.05, 4.69) is 25.3 Å². The third-order valence-electron chi connectivity index (χ3n) is 3.50. The summed E-state index contributed by atoms with van der Waals surface area (Å²) in [6.45, 7) is 0. The fourth-order valence-corrected chi connectivity index (χ4v) is 2.88. The van der Waals surface area contributed by atoms with Gasteiger partial charge in [0, 0.05) is 12.8 Å². The number of aliphatic carboxylic acids is 1. The first-order valence-electron chi connectivity index (χ1n) is 7.58. The van der Waals surface area contributed by atoms with Crippen LogP contribution in [0.1, 0.15) is 18.5 Å². The molecule has 12 heteroatoms. The van der Waals surface area contributed by atoms with Crippen LogP contribution in [0.5, 0.6) is 0 Å². The number of aromatic amines is 3. The molecule has 0 aliphatic heterocycles. The van der Waals surface area contributed by atoms with Crippen molar-refractivity contribution in [3.8, 4) is 0 Å². The predicted molar refractivity (Wildman–Crippen MR) is 99.1 cm³/mol. The predicted octanol–water partition coefficient (Wildman–Crippen LogP) is -0.0759. The zero-order chi connectivity index (χ0) is 19.3. The molecule has 0 aliphatic rings. The van der Waals surface area contributed by atoms with Crippen LogP contribution in [0.2, 0.25) is 0 Å². The summed E-state index contributed by atoms with van der Waals surface area (Å²) in [5.74, 6) is -1.04. The van der Waals surface area contributed by atoms with E-state index in [1.807, 2.05) is 6.26 Å². The molecular weight excluding hydrogens is 382 g/mol. The van der Waals surface area contributed by atoms with E-state index in [9.17, 15) is 19.2 Å². The Kier molecular flexibility index (Phi) is 6.69. The maximum atomic E-state index is 12.0. The summed E-state index contributed by atoms with van der Waals surface area (Å²) in [5, 5.41) is 11.5. The fraction of sp³-hybridized carbons (Fsp3) is 0.429. The summed E-state index contributed by atoms with van der Waals surface area (Å²) in [6.07, 6.45) is 1.96. The molecule has 5 N–H and O–H groups in total. The van der Waals surface area contributed by atoms with Crippen molar-refractivity contribution in [3.05, 3.63) is 31.2 Å². The second-order valence-corrected chi connectivity index (χ2v) is 6.78. The first kappa shape index (κ1) is 19.8. The number of carboxylic acid groups (broad SMARTS) is 1. The van der Waals surface area contributed by atoms with Crippen molar-refractivity contribution < 1.29 is 14.7 Å². The highest BCUT2D eigenvalue weighted by molar-refractivity contribution is 7.98. The lowest BCUT2D eigenvalue weighted by Gasteiger charge is -2.13. The van der Waals surface area contributed by atoms with E-state index in [1.165, 1.54) is 11.8 Å². The molecule has 1 unspecified atom stereocenters. The van der Waals surface area contributed by atoms with Crippen molar-refractivity contribution in [2.45, 2.75) is 25.3 Å². The van der Waals surface area contributed by atoms with Gasteiger partial charge in [-0.3, -0.25) is 19.4 Å². The summed E-state index contributed by atoms with van der Waals surface area (Å²) in [6, 6.07) is -0.985. The Morgan fingerprint density at radius 2 is 2.00 bits per heavy atom. The zero-order valence-electron chi connectivity index (χ0n) is 13.7. The molecule has 0 spiro atoms. The lowest BCUT2D eigenvalue weighted by molar-refractivity contribution is -0.141. The van der Waals surface area contributed by atoms with E-state index in [4.69, 9.17) is 17.3 Å². The zero-order valence-corrected chi connectivity index (χ0v) is 15.4. The number of hydrogen-bond donors (Lipinski definition) is 5. The van der Waals surface area contributed by atoms with E-state index < -0.39 is 29.0 Å². The molecule has 0 aromatic carbocycles. The van der Waals surface area contributed by atoms with E-state index in [0.29, 0.717) is 12.2 Å². The Morgan fingerprint density at radius 1 is 1.27 bits per heavy atom. The Balaban J connectivity index is 2.11. The first-order chi connectivity index (χ1) is 12.3. The Morgan fingerprint density at radius 3 is 2.65 bits per heavy atom. The Bertz CT molecular complexity index is 996. The Hall–Kier alpha value is -2.47. The molecule has 2 aromatic heterocycles. The van der Waals surface area contributed by atoms with Crippen LogP contribution >= 0.6 is 24.0 Å². The minimum atomic E-state index is -1.11. The highest BCUT2D eigenvalue weighted by Gasteiger charge is 2.19. The van der Waals surface area contributed by atoms with Crippen molar-refractivity contribution in [1.82, 2.24) is 25.3 Å². The average Bonchev–Trinajstić information content (AvgIpc) is 2.56. The van der Waals surface area contributed by atoms with E-state index in [-0.39, 0.29) is 34.5 Å². The lowest BCUT2D eigenvalue weighted by Crippen LogP contribution is -2.41. The maximum absolute atomic E-state index is 12.0. The molecule has 10 nitrogen and oxygen atoms in total. The topological polar surface area (TPSA) is 161 Å². The number of aryl methyl sites for hydroxylation is 1. The van der Waals surface area contributed by atoms with Gasteiger partial charge in [0.15, 0.2) is 10.3 Å². The number of nitrogens with one attached hydrogen (secondary N) is 4. The summed E-state index contributed by atoms with van der Waals surface area (Å²) in [7, 11) is 0. The van der Waals surface area contributed by atoms with Crippen LogP contribution in [0.15, 0.2) is 9.59 Å². The number of aromatic nitrogens is 4. The first-order valence-corrected chi connectivity index (χ1v) is 9.38. The second kappa shape index (κ2) is 8.76. The molecular formula is C14H17N5O5S2. The van der Waals surface area contributed by atoms with Crippen LogP contribution in [-0.4, -0.2) is 55.0 Å². The normalized spacial score (nSPS) is 12.0. The number of fused-ring (bicyclic) bond motifs is 1. The smallest absolute Gasteiger partial charge is 0.326 e. The molecule has 0 aliphatic carbocycles. The van der Waals surface area contributed by atoms with Crippen molar-refractivity contribution in [2.24, 2.45) is 0 Å². The van der Waals surface area contributed by atoms with Crippen molar-refractivity contribution in [2.75, 3.05) is 12.0 Å². The quantitative estimate of drug-likeness (QED) is 0.385. The van der Waals surface area contributed by atoms with Gasteiger partial charge in [0.25, 0.3) is 11.1 Å². The van der Waals surface area contributed by atoms with Crippen molar-refractivity contribution in [3.63, 3.8) is 0 Å². The van der Waals surface area contributed by atoms with Crippen LogP contribution < -0.4 is 16.4 Å². The molecule has 2 heterocycles. The molecule has 1 amide bonds. The van der Waals surface area contributed by atoms with Gasteiger partial charge >= 0.3 is 5.97 Å². The van der Waals surface area contributed by atoms with Gasteiger partial charge in [-0.15, -0.1) is 0 Å². The molecule has 2 rings (SSSR count). The van der Waals surface area contributed by atoms with Gasteiger partial charge in [-0.25, -0.2) is 9.78 Å². The van der Waals surface area contributed by atoms with Gasteiger partial charge in [-0.2, -0.15) is 11.8 Å². The summed E-state index contributed by atoms with van der Waals surface area (Å²) in [5.41, 5.74) is -1.05. The second-order valence-electron chi connectivity index (χ2n) is 5.38. The lowest BCUT2D eigenvalue weighted by atomic mass is 10.2. The third kappa shape index (κ3) is 5.02. The summed E-state index contributed by atoms with van der Waals surface area (Å²) in [4.78, 5) is 58.4. The SMILES string of the molecule is CSCCC(NC(=O)CCc1nc2c(=O)[nH]c(=S)[nH]c2[nH]c1=O)C(=O)O. The van der Waals surface area contributed by atoms with Crippen LogP contribution in [0.3, 0.4) is 0 Å². The maximum Gasteiger partial charge on any atom is 0.326 e. The Labute approximate surface area is 155 Å². The van der Waals surface area contributed by atoms with E-state index in [0.717, 1.165) is 0 Å². The number of H-pyrrole nitrogens is 3. The standard InChI is InChI=1S/C14H17N5O5S2/c1-26-5-4-7(13(23)24)15-8(20)3-2-6-11(21)17-10-9(16-6)12(22)19-14(25)18-10/h7H,2-5H2,1H3,(H,15,20)(H,23,24)(H3,17,18,19,21,22,25). The number of carbonyl (C=O) groups excluding carboxylic acids is 1. The van der Waals surface area contributed by atoms with Crippen LogP contribution in [0.25, 0.3) is 11.2 Å². The van der Waals surface area contributed by atoms with Gasteiger partial charge in [0.05, 0.1) is 0 Å². The molecule has 0 fully saturated rings. The largest absolute Gasteiger partial charge is 0.480 e. The van der Waals surface area contributed by atoms with E-state index in [1.54, 1.807) is 0 Å². The van der Waals surface area contributed by atoms with Gasteiger partial charge in [-0.05, 0) is 30.6 Å². The monoisotopic (exact) mass is 399 g/mol. The summed E-state index contributed by atoms with van der Waals surface area (Å²) >= 11 is 6.29. The minimum Gasteiger partial charge on any atom is -0.480 e. The highest BCUT2D eigenvalue weighted by atomic mass is 32.2. The van der Waals surface area contributed by atoms with Crippen LogP contribution in [0, 0.1) is 4.77 Å². The minimum absolute atomic E-state index is 0.000317. The van der Waals surface area contributed by atoms with E-state index >= 15 is 0 Å². The highest BCUT2D eigenvalue weighted by Crippen LogP contribution is 2.03. The van der Waals surface area contributed by atoms with Gasteiger partial charge in [0.2, 0.25) is 5.91 Å². The fourth-order valence-electron chi connectivity index (χ4n) is 2.21. The van der Waals surface area contributed by atoms with Crippen LogP contribution in [-0.2, 0) is 16.0 Å². The average molecular weight is 399 g/mol. The molecule has 140 valence electrons. The number of thioether (sulfide) groups is 1. The van der Waals surface area contributed by atoms with Gasteiger partial charge in [0.1, 0.15) is 17.4 Å². The molecule has 2 aromatic rings. The van der Waals surface area contributed by atoms with Gasteiger partial charge in [-0.1, -0.05) is 0 Å². The van der Waals surface area contributed by atoms with Crippen LogP contribution in [0.4, 0.5) is 0 Å². The number of rotatable bonds is 8. The number of amides is 1.